The molecular weight excluding hydrogens is 282 g/mol. The zero-order valence-corrected chi connectivity index (χ0v) is 10.8. The summed E-state index contributed by atoms with van der Waals surface area (Å²) in [6.07, 6.45) is 3.04. The fourth-order valence-electron chi connectivity index (χ4n) is 1.58. The van der Waals surface area contributed by atoms with E-state index < -0.39 is 5.91 Å². The standard InChI is InChI=1S/C13H8ClN3O3/c14-12-8(3-1-5-15-12)16-13(18)9-7-11(20-17-9)10-4-2-6-19-10/h1-7H,(H,16,18). The molecule has 7 heteroatoms. The van der Waals surface area contributed by atoms with Crippen LogP contribution in [-0.2, 0) is 0 Å². The van der Waals surface area contributed by atoms with Crippen molar-refractivity contribution in [2.45, 2.75) is 0 Å². The second-order valence-corrected chi connectivity index (χ2v) is 4.21. The van der Waals surface area contributed by atoms with Gasteiger partial charge in [0.2, 0.25) is 5.76 Å². The van der Waals surface area contributed by atoms with E-state index in [0.29, 0.717) is 17.2 Å². The Kier molecular flexibility index (Phi) is 3.22. The Morgan fingerprint density at radius 3 is 2.90 bits per heavy atom. The van der Waals surface area contributed by atoms with Crippen molar-refractivity contribution in [2.75, 3.05) is 5.32 Å². The van der Waals surface area contributed by atoms with Gasteiger partial charge in [0.25, 0.3) is 5.91 Å². The predicted molar refractivity (Wildman–Crippen MR) is 71.4 cm³/mol. The largest absolute Gasteiger partial charge is 0.461 e. The van der Waals surface area contributed by atoms with E-state index in [1.807, 2.05) is 0 Å². The summed E-state index contributed by atoms with van der Waals surface area (Å²) in [5, 5.41) is 6.49. The van der Waals surface area contributed by atoms with Gasteiger partial charge in [-0.15, -0.1) is 0 Å². The van der Waals surface area contributed by atoms with Crippen molar-refractivity contribution >= 4 is 23.2 Å². The number of aromatic nitrogens is 2. The van der Waals surface area contributed by atoms with Crippen LogP contribution in [-0.4, -0.2) is 16.0 Å². The van der Waals surface area contributed by atoms with E-state index >= 15 is 0 Å². The van der Waals surface area contributed by atoms with Gasteiger partial charge in [0.15, 0.2) is 16.6 Å². The maximum Gasteiger partial charge on any atom is 0.277 e. The second-order valence-electron chi connectivity index (χ2n) is 3.85. The minimum Gasteiger partial charge on any atom is -0.461 e. The fourth-order valence-corrected chi connectivity index (χ4v) is 1.75. The molecule has 3 rings (SSSR count). The number of carbonyl (C=O) groups is 1. The van der Waals surface area contributed by atoms with E-state index in [0.717, 1.165) is 0 Å². The number of carbonyl (C=O) groups excluding carboxylic acids is 1. The van der Waals surface area contributed by atoms with Crippen LogP contribution in [0.4, 0.5) is 5.69 Å². The van der Waals surface area contributed by atoms with Crippen molar-refractivity contribution in [3.05, 3.63) is 53.6 Å². The van der Waals surface area contributed by atoms with Gasteiger partial charge in [0, 0.05) is 12.3 Å². The van der Waals surface area contributed by atoms with Gasteiger partial charge in [0.1, 0.15) is 0 Å². The molecular formula is C13H8ClN3O3. The van der Waals surface area contributed by atoms with E-state index in [9.17, 15) is 4.79 Å². The van der Waals surface area contributed by atoms with Crippen molar-refractivity contribution in [2.24, 2.45) is 0 Å². The molecule has 0 fully saturated rings. The van der Waals surface area contributed by atoms with Gasteiger partial charge in [-0.25, -0.2) is 4.98 Å². The zero-order chi connectivity index (χ0) is 13.9. The van der Waals surface area contributed by atoms with Crippen molar-refractivity contribution in [1.29, 1.82) is 0 Å². The van der Waals surface area contributed by atoms with Gasteiger partial charge < -0.3 is 14.3 Å². The molecule has 3 aromatic rings. The van der Waals surface area contributed by atoms with Crippen LogP contribution in [0.3, 0.4) is 0 Å². The quantitative estimate of drug-likeness (QED) is 0.749. The third-order valence-electron chi connectivity index (χ3n) is 2.51. The molecule has 0 radical (unpaired) electrons. The van der Waals surface area contributed by atoms with Crippen LogP contribution in [0.15, 0.2) is 51.7 Å². The van der Waals surface area contributed by atoms with Crippen molar-refractivity contribution in [3.63, 3.8) is 0 Å². The number of hydrogen-bond acceptors (Lipinski definition) is 5. The summed E-state index contributed by atoms with van der Waals surface area (Å²) >= 11 is 5.86. The predicted octanol–water partition coefficient (Wildman–Crippen LogP) is 3.24. The first-order valence-electron chi connectivity index (χ1n) is 5.66. The topological polar surface area (TPSA) is 81.2 Å². The third-order valence-corrected chi connectivity index (χ3v) is 2.82. The molecule has 0 aliphatic carbocycles. The number of furan rings is 1. The smallest absolute Gasteiger partial charge is 0.277 e. The molecule has 3 aromatic heterocycles. The lowest BCUT2D eigenvalue weighted by Crippen LogP contribution is -2.12. The van der Waals surface area contributed by atoms with Gasteiger partial charge in [-0.05, 0) is 24.3 Å². The first-order valence-corrected chi connectivity index (χ1v) is 6.04. The molecule has 0 saturated heterocycles. The molecule has 0 unspecified atom stereocenters. The number of anilines is 1. The Hall–Kier alpha value is -2.60. The minimum absolute atomic E-state index is 0.122. The monoisotopic (exact) mass is 289 g/mol. The van der Waals surface area contributed by atoms with Gasteiger partial charge in [0.05, 0.1) is 12.0 Å². The Labute approximate surface area is 118 Å². The summed E-state index contributed by atoms with van der Waals surface area (Å²) in [7, 11) is 0. The maximum absolute atomic E-state index is 12.0. The number of halogens is 1. The van der Waals surface area contributed by atoms with Gasteiger partial charge in [-0.3, -0.25) is 4.79 Å². The third kappa shape index (κ3) is 2.41. The van der Waals surface area contributed by atoms with E-state index in [1.165, 1.54) is 18.5 Å². The van der Waals surface area contributed by atoms with Crippen LogP contribution in [0.2, 0.25) is 5.15 Å². The van der Waals surface area contributed by atoms with Crippen LogP contribution < -0.4 is 5.32 Å². The van der Waals surface area contributed by atoms with E-state index in [4.69, 9.17) is 20.5 Å². The number of rotatable bonds is 3. The highest BCUT2D eigenvalue weighted by Gasteiger charge is 2.16. The number of nitrogens with one attached hydrogen (secondary N) is 1. The molecule has 20 heavy (non-hydrogen) atoms. The van der Waals surface area contributed by atoms with Crippen LogP contribution in [0.25, 0.3) is 11.5 Å². The summed E-state index contributed by atoms with van der Waals surface area (Å²) in [4.78, 5) is 15.9. The highest BCUT2D eigenvalue weighted by atomic mass is 35.5. The molecule has 0 atom stereocenters. The van der Waals surface area contributed by atoms with Gasteiger partial charge in [-0.1, -0.05) is 16.8 Å². The molecule has 1 amide bonds. The molecule has 0 aliphatic rings. The Bertz CT molecular complexity index is 737. The number of nitrogens with zero attached hydrogens (tertiary/aromatic N) is 2. The molecule has 0 bridgehead atoms. The van der Waals surface area contributed by atoms with Crippen molar-refractivity contribution < 1.29 is 13.7 Å². The molecule has 6 nitrogen and oxygen atoms in total. The molecule has 100 valence electrons. The second kappa shape index (κ2) is 5.18. The highest BCUT2D eigenvalue weighted by Crippen LogP contribution is 2.22. The highest BCUT2D eigenvalue weighted by molar-refractivity contribution is 6.32. The average Bonchev–Trinajstić information content (AvgIpc) is 3.11. The lowest BCUT2D eigenvalue weighted by atomic mass is 10.3. The van der Waals surface area contributed by atoms with Crippen LogP contribution in [0.1, 0.15) is 10.5 Å². The summed E-state index contributed by atoms with van der Waals surface area (Å²) in [5.41, 5.74) is 0.526. The van der Waals surface area contributed by atoms with Gasteiger partial charge >= 0.3 is 0 Å². The maximum atomic E-state index is 12.0. The molecule has 0 aromatic carbocycles. The van der Waals surface area contributed by atoms with Crippen LogP contribution in [0, 0.1) is 0 Å². The van der Waals surface area contributed by atoms with Crippen LogP contribution >= 0.6 is 11.6 Å². The first-order chi connectivity index (χ1) is 9.74. The van der Waals surface area contributed by atoms with Crippen LogP contribution in [0.5, 0.6) is 0 Å². The average molecular weight is 290 g/mol. The van der Waals surface area contributed by atoms with Crippen molar-refractivity contribution in [3.8, 4) is 11.5 Å². The molecule has 3 heterocycles. The van der Waals surface area contributed by atoms with E-state index in [2.05, 4.69) is 15.5 Å². The Morgan fingerprint density at radius 1 is 1.25 bits per heavy atom. The van der Waals surface area contributed by atoms with E-state index in [1.54, 1.807) is 24.3 Å². The van der Waals surface area contributed by atoms with Crippen molar-refractivity contribution in [1.82, 2.24) is 10.1 Å². The molecule has 1 N–H and O–H groups in total. The Morgan fingerprint density at radius 2 is 2.15 bits per heavy atom. The summed E-state index contributed by atoms with van der Waals surface area (Å²) < 4.78 is 10.2. The van der Waals surface area contributed by atoms with E-state index in [-0.39, 0.29) is 10.8 Å². The number of amides is 1. The zero-order valence-electron chi connectivity index (χ0n) is 10.0. The first kappa shape index (κ1) is 12.4. The summed E-state index contributed by atoms with van der Waals surface area (Å²) in [6.45, 7) is 0. The Balaban J connectivity index is 1.80. The summed E-state index contributed by atoms with van der Waals surface area (Å²) in [6, 6.07) is 8.21. The lowest BCUT2D eigenvalue weighted by molar-refractivity contribution is 0.101. The normalized spacial score (nSPS) is 10.4. The summed E-state index contributed by atoms with van der Waals surface area (Å²) in [5.74, 6) is 0.426. The fraction of sp³-hybridized carbons (Fsp3) is 0. The molecule has 0 saturated carbocycles. The minimum atomic E-state index is -0.443. The lowest BCUT2D eigenvalue weighted by Gasteiger charge is -2.03. The molecule has 0 spiro atoms. The number of pyridine rings is 1. The van der Waals surface area contributed by atoms with Gasteiger partial charge in [-0.2, -0.15) is 0 Å². The molecule has 0 aliphatic heterocycles. The SMILES string of the molecule is O=C(Nc1cccnc1Cl)c1cc(-c2ccco2)on1. The number of hydrogen-bond donors (Lipinski definition) is 1.